The predicted molar refractivity (Wildman–Crippen MR) is 73.3 cm³/mol. The summed E-state index contributed by atoms with van der Waals surface area (Å²) in [6.45, 7) is 0.0654. The summed E-state index contributed by atoms with van der Waals surface area (Å²) < 4.78 is 6.23. The number of rotatable bonds is 3. The number of benzene rings is 1. The van der Waals surface area contributed by atoms with E-state index >= 15 is 0 Å². The molecule has 0 aliphatic heterocycles. The highest BCUT2D eigenvalue weighted by atomic mass is 16.3. The van der Waals surface area contributed by atoms with Crippen LogP contribution in [-0.4, -0.2) is 20.9 Å². The molecule has 2 aromatic heterocycles. The average molecular weight is 285 g/mol. The Hall–Kier alpha value is -3.00. The summed E-state index contributed by atoms with van der Waals surface area (Å²) in [5.74, 6) is 4.54. The molecule has 8 heteroatoms. The van der Waals surface area contributed by atoms with Crippen LogP contribution in [0.3, 0.4) is 0 Å². The SMILES string of the molecule is NNC(=O)c1occc1Cn1nnc2ccccc2c1=O. The third-order valence-electron chi connectivity index (χ3n) is 3.03. The molecule has 0 spiro atoms. The number of carbonyl (C=O) groups excluding carboxylic acids is 1. The second kappa shape index (κ2) is 5.17. The van der Waals surface area contributed by atoms with Gasteiger partial charge in [0.1, 0.15) is 5.52 Å². The molecule has 3 aromatic rings. The van der Waals surface area contributed by atoms with Crippen molar-refractivity contribution in [1.82, 2.24) is 20.4 Å². The number of nitrogens with zero attached hydrogens (tertiary/aromatic N) is 3. The van der Waals surface area contributed by atoms with Crippen LogP contribution in [0, 0.1) is 0 Å². The Bertz CT molecular complexity index is 867. The molecule has 0 radical (unpaired) electrons. The van der Waals surface area contributed by atoms with Crippen LogP contribution >= 0.6 is 0 Å². The van der Waals surface area contributed by atoms with Gasteiger partial charge in [-0.15, -0.1) is 5.10 Å². The van der Waals surface area contributed by atoms with Crippen LogP contribution < -0.4 is 16.8 Å². The minimum atomic E-state index is -0.572. The van der Waals surface area contributed by atoms with Crippen molar-refractivity contribution in [2.24, 2.45) is 5.84 Å². The Morgan fingerprint density at radius 2 is 2.14 bits per heavy atom. The number of nitrogens with one attached hydrogen (secondary N) is 1. The summed E-state index contributed by atoms with van der Waals surface area (Å²) in [5.41, 5.74) is 2.70. The first-order chi connectivity index (χ1) is 10.2. The van der Waals surface area contributed by atoms with E-state index in [1.165, 1.54) is 10.9 Å². The normalized spacial score (nSPS) is 10.7. The fourth-order valence-corrected chi connectivity index (χ4v) is 2.01. The van der Waals surface area contributed by atoms with Gasteiger partial charge in [-0.2, -0.15) is 0 Å². The molecular weight excluding hydrogens is 274 g/mol. The second-order valence-corrected chi connectivity index (χ2v) is 4.32. The summed E-state index contributed by atoms with van der Waals surface area (Å²) in [6.07, 6.45) is 1.35. The number of hydrogen-bond donors (Lipinski definition) is 2. The van der Waals surface area contributed by atoms with Crippen LogP contribution in [0.2, 0.25) is 0 Å². The van der Waals surface area contributed by atoms with Gasteiger partial charge in [0.25, 0.3) is 5.56 Å². The van der Waals surface area contributed by atoms with E-state index in [0.717, 1.165) is 0 Å². The molecule has 3 N–H and O–H groups in total. The molecule has 0 saturated heterocycles. The third kappa shape index (κ3) is 2.28. The number of fused-ring (bicyclic) bond motifs is 1. The summed E-state index contributed by atoms with van der Waals surface area (Å²) in [7, 11) is 0. The van der Waals surface area contributed by atoms with Crippen LogP contribution in [-0.2, 0) is 6.54 Å². The summed E-state index contributed by atoms with van der Waals surface area (Å²) in [6, 6.07) is 8.49. The molecule has 0 aliphatic rings. The molecule has 0 saturated carbocycles. The van der Waals surface area contributed by atoms with Gasteiger partial charge in [-0.25, -0.2) is 10.5 Å². The molecule has 1 aromatic carbocycles. The quantitative estimate of drug-likeness (QED) is 0.398. The third-order valence-corrected chi connectivity index (χ3v) is 3.03. The lowest BCUT2D eigenvalue weighted by Gasteiger charge is -2.04. The summed E-state index contributed by atoms with van der Waals surface area (Å²) in [4.78, 5) is 23.8. The maximum absolute atomic E-state index is 12.3. The molecule has 21 heavy (non-hydrogen) atoms. The summed E-state index contributed by atoms with van der Waals surface area (Å²) >= 11 is 0. The van der Waals surface area contributed by atoms with E-state index in [0.29, 0.717) is 16.5 Å². The lowest BCUT2D eigenvalue weighted by Crippen LogP contribution is -2.31. The van der Waals surface area contributed by atoms with E-state index in [1.54, 1.807) is 30.3 Å². The Morgan fingerprint density at radius 1 is 1.33 bits per heavy atom. The van der Waals surface area contributed by atoms with E-state index < -0.39 is 5.91 Å². The van der Waals surface area contributed by atoms with Crippen molar-refractivity contribution in [3.8, 4) is 0 Å². The van der Waals surface area contributed by atoms with Gasteiger partial charge in [-0.3, -0.25) is 15.0 Å². The van der Waals surface area contributed by atoms with Gasteiger partial charge in [0.2, 0.25) is 0 Å². The molecule has 3 rings (SSSR count). The zero-order valence-corrected chi connectivity index (χ0v) is 10.8. The number of amides is 1. The van der Waals surface area contributed by atoms with Crippen molar-refractivity contribution in [1.29, 1.82) is 0 Å². The van der Waals surface area contributed by atoms with Gasteiger partial charge in [0.05, 0.1) is 18.2 Å². The van der Waals surface area contributed by atoms with Crippen LogP contribution in [0.4, 0.5) is 0 Å². The molecule has 8 nitrogen and oxygen atoms in total. The lowest BCUT2D eigenvalue weighted by atomic mass is 10.2. The number of aromatic nitrogens is 3. The molecule has 2 heterocycles. The topological polar surface area (TPSA) is 116 Å². The van der Waals surface area contributed by atoms with Crippen molar-refractivity contribution in [3.05, 3.63) is 58.3 Å². The number of hydrazine groups is 1. The van der Waals surface area contributed by atoms with Gasteiger partial charge in [0, 0.05) is 5.56 Å². The van der Waals surface area contributed by atoms with E-state index in [4.69, 9.17) is 10.3 Å². The standard InChI is InChI=1S/C13H11N5O3/c14-15-12(19)11-8(5-6-21-11)7-18-13(20)9-3-1-2-4-10(9)16-17-18/h1-6H,7,14H2,(H,15,19). The number of nitrogens with two attached hydrogens (primary N) is 1. The predicted octanol–water partition coefficient (Wildman–Crippen LogP) is 0.0363. The highest BCUT2D eigenvalue weighted by Crippen LogP contribution is 2.11. The number of carbonyl (C=O) groups is 1. The van der Waals surface area contributed by atoms with Crippen LogP contribution in [0.15, 0.2) is 45.8 Å². The minimum Gasteiger partial charge on any atom is -0.459 e. The molecule has 1 amide bonds. The fourth-order valence-electron chi connectivity index (χ4n) is 2.01. The van der Waals surface area contributed by atoms with Crippen molar-refractivity contribution >= 4 is 16.8 Å². The van der Waals surface area contributed by atoms with E-state index in [9.17, 15) is 9.59 Å². The Labute approximate surface area is 118 Å². The Kier molecular flexibility index (Phi) is 3.20. The zero-order valence-electron chi connectivity index (χ0n) is 10.8. The molecule has 0 aliphatic carbocycles. The first-order valence-electron chi connectivity index (χ1n) is 6.10. The van der Waals surface area contributed by atoms with Gasteiger partial charge in [-0.05, 0) is 18.2 Å². The second-order valence-electron chi connectivity index (χ2n) is 4.32. The van der Waals surface area contributed by atoms with Crippen LogP contribution in [0.1, 0.15) is 16.1 Å². The van der Waals surface area contributed by atoms with Crippen molar-refractivity contribution in [2.75, 3.05) is 0 Å². The van der Waals surface area contributed by atoms with Crippen molar-refractivity contribution < 1.29 is 9.21 Å². The average Bonchev–Trinajstić information content (AvgIpc) is 2.98. The highest BCUT2D eigenvalue weighted by molar-refractivity contribution is 5.92. The zero-order chi connectivity index (χ0) is 14.8. The van der Waals surface area contributed by atoms with Gasteiger partial charge < -0.3 is 4.42 Å². The lowest BCUT2D eigenvalue weighted by molar-refractivity contribution is 0.0924. The number of furan rings is 1. The number of nitrogen functional groups attached to an aromatic ring is 1. The number of hydrogen-bond acceptors (Lipinski definition) is 6. The minimum absolute atomic E-state index is 0.0411. The molecule has 0 bridgehead atoms. The first kappa shape index (κ1) is 13.0. The smallest absolute Gasteiger partial charge is 0.301 e. The largest absolute Gasteiger partial charge is 0.459 e. The first-order valence-corrected chi connectivity index (χ1v) is 6.10. The van der Waals surface area contributed by atoms with Crippen molar-refractivity contribution in [3.63, 3.8) is 0 Å². The van der Waals surface area contributed by atoms with E-state index in [2.05, 4.69) is 10.3 Å². The fraction of sp³-hybridized carbons (Fsp3) is 0.0769. The molecular formula is C13H11N5O3. The molecule has 106 valence electrons. The monoisotopic (exact) mass is 285 g/mol. The van der Waals surface area contributed by atoms with Gasteiger partial charge in [-0.1, -0.05) is 17.3 Å². The molecule has 0 fully saturated rings. The van der Waals surface area contributed by atoms with E-state index in [-0.39, 0.29) is 17.9 Å². The molecule has 0 atom stereocenters. The highest BCUT2D eigenvalue weighted by Gasteiger charge is 2.16. The van der Waals surface area contributed by atoms with Crippen LogP contribution in [0.5, 0.6) is 0 Å². The molecule has 0 unspecified atom stereocenters. The Balaban J connectivity index is 2.03. The Morgan fingerprint density at radius 3 is 2.95 bits per heavy atom. The van der Waals surface area contributed by atoms with Gasteiger partial charge in [0.15, 0.2) is 5.76 Å². The van der Waals surface area contributed by atoms with Crippen LogP contribution in [0.25, 0.3) is 10.9 Å². The van der Waals surface area contributed by atoms with E-state index in [1.807, 2.05) is 5.43 Å². The van der Waals surface area contributed by atoms with Gasteiger partial charge >= 0.3 is 5.91 Å². The van der Waals surface area contributed by atoms with Crippen molar-refractivity contribution in [2.45, 2.75) is 6.54 Å². The maximum atomic E-state index is 12.3. The maximum Gasteiger partial charge on any atom is 0.301 e. The summed E-state index contributed by atoms with van der Waals surface area (Å²) in [5, 5.41) is 8.29.